The van der Waals surface area contributed by atoms with Gasteiger partial charge in [0.15, 0.2) is 0 Å². The normalized spacial score (nSPS) is 21.5. The Morgan fingerprint density at radius 3 is 2.71 bits per heavy atom. The standard InChI is InChI=1S/C25H35N3O2S/c1-18-10-13-23(31-18)24-21(8-6-14-28(24)25(29)19-11-12-19)26-17-20-7-4-5-9-22(20)30-16-15-27(2)3/h4-5,7,9-10,13,19,21,24,26H,6,8,11-12,14-17H2,1-3H3/t21-,24-/m1/s1. The zero-order valence-electron chi connectivity index (χ0n) is 19.0. The maximum absolute atomic E-state index is 13.1. The number of thiophene rings is 1. The highest BCUT2D eigenvalue weighted by Crippen LogP contribution is 2.40. The fraction of sp³-hybridized carbons (Fsp3) is 0.560. The summed E-state index contributed by atoms with van der Waals surface area (Å²) < 4.78 is 6.06. The lowest BCUT2D eigenvalue weighted by Gasteiger charge is -2.41. The second-order valence-electron chi connectivity index (χ2n) is 9.09. The molecular weight excluding hydrogens is 406 g/mol. The summed E-state index contributed by atoms with van der Waals surface area (Å²) in [6.07, 6.45) is 4.25. The molecule has 1 aromatic carbocycles. The van der Waals surface area contributed by atoms with Crippen LogP contribution in [0.2, 0.25) is 0 Å². The van der Waals surface area contributed by atoms with Gasteiger partial charge in [-0.2, -0.15) is 0 Å². The lowest BCUT2D eigenvalue weighted by Crippen LogP contribution is -2.50. The summed E-state index contributed by atoms with van der Waals surface area (Å²) in [6.45, 7) is 5.33. The van der Waals surface area contributed by atoms with Crippen molar-refractivity contribution in [3.63, 3.8) is 0 Å². The summed E-state index contributed by atoms with van der Waals surface area (Å²) in [5, 5.41) is 3.80. The first kappa shape index (κ1) is 22.3. The van der Waals surface area contributed by atoms with Crippen molar-refractivity contribution in [1.82, 2.24) is 15.1 Å². The van der Waals surface area contributed by atoms with Crippen LogP contribution in [0.4, 0.5) is 0 Å². The van der Waals surface area contributed by atoms with Crippen molar-refractivity contribution in [3.8, 4) is 5.75 Å². The number of carbonyl (C=O) groups is 1. The number of amides is 1. The van der Waals surface area contributed by atoms with Gasteiger partial charge in [0, 0.05) is 46.9 Å². The van der Waals surface area contributed by atoms with Crippen LogP contribution in [0.15, 0.2) is 36.4 Å². The summed E-state index contributed by atoms with van der Waals surface area (Å²) in [4.78, 5) is 20.0. The molecule has 2 heterocycles. The van der Waals surface area contributed by atoms with Crippen LogP contribution in [0.25, 0.3) is 0 Å². The minimum Gasteiger partial charge on any atom is -0.492 e. The number of benzene rings is 1. The molecule has 2 aliphatic rings. The SMILES string of the molecule is Cc1ccc([C@H]2[C@H](NCc3ccccc3OCCN(C)C)CCCN2C(=O)C2CC2)s1. The lowest BCUT2D eigenvalue weighted by molar-refractivity contribution is -0.137. The molecule has 1 aromatic heterocycles. The van der Waals surface area contributed by atoms with Crippen LogP contribution in [0, 0.1) is 12.8 Å². The molecule has 168 valence electrons. The second kappa shape index (κ2) is 10.2. The fourth-order valence-electron chi connectivity index (χ4n) is 4.36. The first-order chi connectivity index (χ1) is 15.0. The second-order valence-corrected chi connectivity index (χ2v) is 10.4. The number of likely N-dealkylation sites (N-methyl/N-ethyl adjacent to an activating group) is 1. The average Bonchev–Trinajstić information content (AvgIpc) is 3.52. The molecule has 1 aliphatic heterocycles. The minimum atomic E-state index is 0.127. The maximum atomic E-state index is 13.1. The van der Waals surface area contributed by atoms with Gasteiger partial charge in [-0.05, 0) is 64.9 Å². The van der Waals surface area contributed by atoms with E-state index in [9.17, 15) is 4.79 Å². The predicted molar refractivity (Wildman–Crippen MR) is 127 cm³/mol. The van der Waals surface area contributed by atoms with E-state index in [1.54, 1.807) is 0 Å². The van der Waals surface area contributed by atoms with Gasteiger partial charge >= 0.3 is 0 Å². The lowest BCUT2D eigenvalue weighted by atomic mass is 9.93. The van der Waals surface area contributed by atoms with Crippen LogP contribution in [0.5, 0.6) is 5.75 Å². The third-order valence-corrected chi connectivity index (χ3v) is 7.29. The Labute approximate surface area is 190 Å². The van der Waals surface area contributed by atoms with Crippen molar-refractivity contribution in [2.75, 3.05) is 33.8 Å². The molecule has 0 radical (unpaired) electrons. The highest BCUT2D eigenvalue weighted by Gasteiger charge is 2.41. The number of nitrogens with zero attached hydrogens (tertiary/aromatic N) is 2. The summed E-state index contributed by atoms with van der Waals surface area (Å²) in [6, 6.07) is 13.1. The molecular formula is C25H35N3O2S. The fourth-order valence-corrected chi connectivity index (χ4v) is 5.41. The average molecular weight is 442 g/mol. The Bertz CT molecular complexity index is 877. The molecule has 1 N–H and O–H groups in total. The smallest absolute Gasteiger partial charge is 0.226 e. The van der Waals surface area contributed by atoms with Crippen LogP contribution in [0.3, 0.4) is 0 Å². The van der Waals surface area contributed by atoms with E-state index in [-0.39, 0.29) is 18.0 Å². The molecule has 6 heteroatoms. The molecule has 1 saturated carbocycles. The zero-order chi connectivity index (χ0) is 21.8. The van der Waals surface area contributed by atoms with Gasteiger partial charge < -0.3 is 19.9 Å². The van der Waals surface area contributed by atoms with Crippen LogP contribution < -0.4 is 10.1 Å². The van der Waals surface area contributed by atoms with Crippen LogP contribution in [0.1, 0.15) is 47.0 Å². The van der Waals surface area contributed by atoms with Crippen molar-refractivity contribution in [2.24, 2.45) is 5.92 Å². The quantitative estimate of drug-likeness (QED) is 0.633. The van der Waals surface area contributed by atoms with E-state index in [0.29, 0.717) is 12.5 Å². The number of piperidine rings is 1. The van der Waals surface area contributed by atoms with E-state index in [1.165, 1.54) is 15.3 Å². The summed E-state index contributed by atoms with van der Waals surface area (Å²) >= 11 is 1.83. The van der Waals surface area contributed by atoms with E-state index in [0.717, 1.165) is 51.1 Å². The number of hydrogen-bond donors (Lipinski definition) is 1. The van der Waals surface area contributed by atoms with Crippen LogP contribution >= 0.6 is 11.3 Å². The molecule has 5 nitrogen and oxygen atoms in total. The van der Waals surface area contributed by atoms with Gasteiger partial charge in [-0.25, -0.2) is 0 Å². The van der Waals surface area contributed by atoms with Gasteiger partial charge in [0.25, 0.3) is 0 Å². The van der Waals surface area contributed by atoms with E-state index in [4.69, 9.17) is 4.74 Å². The van der Waals surface area contributed by atoms with Crippen LogP contribution in [-0.2, 0) is 11.3 Å². The van der Waals surface area contributed by atoms with Crippen LogP contribution in [-0.4, -0.2) is 55.5 Å². The Kier molecular flexibility index (Phi) is 7.31. The number of ether oxygens (including phenoxy) is 1. The Hall–Kier alpha value is -1.89. The predicted octanol–water partition coefficient (Wildman–Crippen LogP) is 4.23. The third kappa shape index (κ3) is 5.68. The molecule has 0 spiro atoms. The molecule has 0 unspecified atom stereocenters. The van der Waals surface area contributed by atoms with Crippen molar-refractivity contribution in [3.05, 3.63) is 51.7 Å². The van der Waals surface area contributed by atoms with Crippen molar-refractivity contribution in [1.29, 1.82) is 0 Å². The summed E-state index contributed by atoms with van der Waals surface area (Å²) in [5.41, 5.74) is 1.17. The van der Waals surface area contributed by atoms with Crippen molar-refractivity contribution >= 4 is 17.2 Å². The molecule has 2 atom stereocenters. The number of carbonyl (C=O) groups excluding carboxylic acids is 1. The third-order valence-electron chi connectivity index (χ3n) is 6.22. The summed E-state index contributed by atoms with van der Waals surface area (Å²) in [5.74, 6) is 1.56. The van der Waals surface area contributed by atoms with Gasteiger partial charge in [-0.15, -0.1) is 11.3 Å². The van der Waals surface area contributed by atoms with Gasteiger partial charge in [0.05, 0.1) is 6.04 Å². The first-order valence-electron chi connectivity index (χ1n) is 11.5. The van der Waals surface area contributed by atoms with Crippen molar-refractivity contribution in [2.45, 2.75) is 51.2 Å². The molecule has 1 saturated heterocycles. The number of aryl methyl sites for hydroxylation is 1. The van der Waals surface area contributed by atoms with E-state index < -0.39 is 0 Å². The van der Waals surface area contributed by atoms with Gasteiger partial charge in [0.1, 0.15) is 12.4 Å². The minimum absolute atomic E-state index is 0.127. The van der Waals surface area contributed by atoms with E-state index >= 15 is 0 Å². The van der Waals surface area contributed by atoms with E-state index in [1.807, 2.05) is 17.4 Å². The van der Waals surface area contributed by atoms with Gasteiger partial charge in [-0.3, -0.25) is 4.79 Å². The Morgan fingerprint density at radius 2 is 2.00 bits per heavy atom. The van der Waals surface area contributed by atoms with Crippen molar-refractivity contribution < 1.29 is 9.53 Å². The molecule has 2 aromatic rings. The maximum Gasteiger partial charge on any atom is 0.226 e. The topological polar surface area (TPSA) is 44.8 Å². The molecule has 31 heavy (non-hydrogen) atoms. The Morgan fingerprint density at radius 1 is 1.19 bits per heavy atom. The molecule has 1 aliphatic carbocycles. The monoisotopic (exact) mass is 441 g/mol. The number of rotatable bonds is 9. The summed E-state index contributed by atoms with van der Waals surface area (Å²) in [7, 11) is 4.11. The van der Waals surface area contributed by atoms with Gasteiger partial charge in [-0.1, -0.05) is 18.2 Å². The zero-order valence-corrected chi connectivity index (χ0v) is 19.8. The van der Waals surface area contributed by atoms with Gasteiger partial charge in [0.2, 0.25) is 5.91 Å². The first-order valence-corrected chi connectivity index (χ1v) is 12.3. The number of hydrogen-bond acceptors (Lipinski definition) is 5. The Balaban J connectivity index is 1.48. The van der Waals surface area contributed by atoms with E-state index in [2.05, 4.69) is 66.5 Å². The molecule has 1 amide bonds. The molecule has 4 rings (SSSR count). The largest absolute Gasteiger partial charge is 0.492 e. The molecule has 0 bridgehead atoms. The highest BCUT2D eigenvalue weighted by atomic mass is 32.1. The number of para-hydroxylation sites is 1. The number of likely N-dealkylation sites (tertiary alicyclic amines) is 1. The number of nitrogens with one attached hydrogen (secondary N) is 1. The highest BCUT2D eigenvalue weighted by molar-refractivity contribution is 7.12. The molecule has 2 fully saturated rings.